The van der Waals surface area contributed by atoms with Gasteiger partial charge in [0.2, 0.25) is 0 Å². The Labute approximate surface area is 499 Å². The molecule has 12 rings (SSSR count). The number of alkyl halides is 3. The van der Waals surface area contributed by atoms with Crippen LogP contribution in [-0.4, -0.2) is 136 Å². The number of halogens is 7. The molecule has 4 atom stereocenters. The molecule has 4 aliphatic heterocycles. The molecule has 0 amide bonds. The van der Waals surface area contributed by atoms with Gasteiger partial charge in [-0.15, -0.1) is 20.4 Å². The Morgan fingerprint density at radius 1 is 0.506 bits per heavy atom. The third-order valence-corrected chi connectivity index (χ3v) is 14.4. The van der Waals surface area contributed by atoms with Gasteiger partial charge in [-0.25, -0.2) is 37.9 Å². The lowest BCUT2D eigenvalue weighted by molar-refractivity contribution is -0.183. The number of benzene rings is 4. The molecular weight excluding hydrogens is 1200 g/mol. The number of hydrogen-bond acceptors (Lipinski definition) is 19. The van der Waals surface area contributed by atoms with Crippen molar-refractivity contribution in [1.82, 2.24) is 80.8 Å². The Morgan fingerprint density at radius 2 is 0.800 bits per heavy atom. The number of methoxy groups -OCH3 is 1. The zero-order valence-corrected chi connectivity index (χ0v) is 47.6. The molecule has 31 heteroatoms. The van der Waals surface area contributed by atoms with Crippen LogP contribution < -0.4 is 0 Å². The van der Waals surface area contributed by atoms with E-state index in [4.69, 9.17) is 61.0 Å². The molecule has 0 aliphatic carbocycles. The topological polar surface area (TPSA) is 291 Å². The minimum Gasteiger partial charge on any atom is -0.478 e. The van der Waals surface area contributed by atoms with E-state index in [0.29, 0.717) is 72.9 Å². The summed E-state index contributed by atoms with van der Waals surface area (Å²) in [6.45, 7) is 1.98. The van der Waals surface area contributed by atoms with Crippen LogP contribution >= 0.6 is 46.4 Å². The van der Waals surface area contributed by atoms with Crippen LogP contribution in [0, 0.1) is 0 Å². The summed E-state index contributed by atoms with van der Waals surface area (Å²) in [6.07, 6.45) is 2.81. The molecule has 0 fully saturated rings. The van der Waals surface area contributed by atoms with E-state index in [1.54, 1.807) is 68.7 Å². The van der Waals surface area contributed by atoms with Gasteiger partial charge in [0.25, 0.3) is 0 Å². The van der Waals surface area contributed by atoms with Crippen LogP contribution in [0.1, 0.15) is 83.6 Å². The summed E-state index contributed by atoms with van der Waals surface area (Å²) in [5.41, 5.74) is 4.46. The van der Waals surface area contributed by atoms with Crippen molar-refractivity contribution in [3.8, 4) is 0 Å². The van der Waals surface area contributed by atoms with E-state index in [0.717, 1.165) is 16.7 Å². The summed E-state index contributed by atoms with van der Waals surface area (Å²) in [5, 5.41) is 57.1. The van der Waals surface area contributed by atoms with Crippen LogP contribution in [0.15, 0.2) is 144 Å². The molecule has 8 aromatic rings. The number of rotatable bonds is 10. The van der Waals surface area contributed by atoms with Gasteiger partial charge in [-0.1, -0.05) is 119 Å². The van der Waals surface area contributed by atoms with E-state index in [9.17, 15) is 32.3 Å². The van der Waals surface area contributed by atoms with E-state index in [1.807, 2.05) is 74.5 Å². The van der Waals surface area contributed by atoms with Gasteiger partial charge in [-0.05, 0) is 126 Å². The molecule has 24 nitrogen and oxygen atoms in total. The second-order valence-corrected chi connectivity index (χ2v) is 20.6. The summed E-state index contributed by atoms with van der Waals surface area (Å²) in [4.78, 5) is 47.1. The molecule has 0 saturated carbocycles. The zero-order chi connectivity index (χ0) is 60.5. The summed E-state index contributed by atoms with van der Waals surface area (Å²) < 4.78 is 57.4. The number of hydrogen-bond donors (Lipinski definition) is 1. The zero-order valence-electron chi connectivity index (χ0n) is 44.6. The first-order valence-electron chi connectivity index (χ1n) is 25.4. The number of allylic oxidation sites excluding steroid dienone is 4. The number of tetrazole rings is 4. The highest BCUT2D eigenvalue weighted by molar-refractivity contribution is 6.32. The molecule has 4 aromatic heterocycles. The second kappa shape index (κ2) is 26.7. The predicted octanol–water partition coefficient (Wildman–Crippen LogP) is 7.91. The molecular formula is C54H45Cl4F3N16O8. The third kappa shape index (κ3) is 14.3. The third-order valence-electron chi connectivity index (χ3n) is 13.0. The fourth-order valence-corrected chi connectivity index (χ4v) is 10.1. The number of carboxylic acids is 1. The quantitative estimate of drug-likeness (QED) is 0.100. The van der Waals surface area contributed by atoms with Gasteiger partial charge >= 0.3 is 30.1 Å². The first-order valence-corrected chi connectivity index (χ1v) is 26.9. The van der Waals surface area contributed by atoms with E-state index in [2.05, 4.69) is 66.8 Å². The Kier molecular flexibility index (Phi) is 19.0. The van der Waals surface area contributed by atoms with Gasteiger partial charge in [0.05, 0.1) is 13.2 Å². The molecule has 438 valence electrons. The van der Waals surface area contributed by atoms with E-state index >= 15 is 0 Å². The van der Waals surface area contributed by atoms with Crippen LogP contribution in [0.2, 0.25) is 20.1 Å². The lowest BCUT2D eigenvalue weighted by atomic mass is 9.98. The number of aromatic nitrogens is 16. The highest BCUT2D eigenvalue weighted by Crippen LogP contribution is 2.36. The van der Waals surface area contributed by atoms with Gasteiger partial charge in [0.1, 0.15) is 24.2 Å². The van der Waals surface area contributed by atoms with Crippen molar-refractivity contribution in [2.75, 3.05) is 13.7 Å². The molecule has 8 heterocycles. The number of nitrogens with zero attached hydrogens (tertiary/aromatic N) is 16. The molecule has 0 radical (unpaired) electrons. The van der Waals surface area contributed by atoms with E-state index in [-0.39, 0.29) is 54.1 Å². The average Bonchev–Trinajstić information content (AvgIpc) is 4.08. The summed E-state index contributed by atoms with van der Waals surface area (Å²) >= 11 is 24.8. The monoisotopic (exact) mass is 1240 g/mol. The smallest absolute Gasteiger partial charge is 0.422 e. The van der Waals surface area contributed by atoms with Crippen molar-refractivity contribution in [2.24, 2.45) is 0 Å². The molecule has 4 unspecified atom stereocenters. The minimum atomic E-state index is -4.59. The number of aliphatic carboxylic acids is 1. The van der Waals surface area contributed by atoms with Crippen molar-refractivity contribution >= 4 is 70.3 Å². The van der Waals surface area contributed by atoms with Crippen molar-refractivity contribution in [3.05, 3.63) is 209 Å². The standard InChI is InChI=1S/C15H15ClN4O2.C14H10ClF3N4O2.C13H11ClN4O2.C12H9ClN4O2/c1-9(2)22-15(21)10-7-13(11-5-3-4-6-12(11)16)20-14(8-10)17-18-19-20;15-10-4-2-1-3-9(10)11-5-8(6-12-19-20-21-22(11)12)13(23)24-7-14(16,17)18;1-20-13(19)8-6-11(9-4-2-3-5-10(9)14)18-12(7-8)15-16-17-18;13-9-4-2-1-3-8(9)10-5-7(12(18)19)6-11-14-15-16-17(10)11/h3-7,9,13H,8H2,1-2H3;1-5,11H,6-7H2;2-6,11H,7H2,1H3;1-5,10H,6H2,(H,18,19). The highest BCUT2D eigenvalue weighted by atomic mass is 35.5. The van der Waals surface area contributed by atoms with Crippen molar-refractivity contribution in [1.29, 1.82) is 0 Å². The van der Waals surface area contributed by atoms with Crippen molar-refractivity contribution in [3.63, 3.8) is 0 Å². The van der Waals surface area contributed by atoms with Crippen LogP contribution in [0.5, 0.6) is 0 Å². The normalized spacial score (nSPS) is 17.3. The molecule has 0 saturated heterocycles. The number of fused-ring (bicyclic) bond motifs is 4. The number of ether oxygens (including phenoxy) is 3. The Bertz CT molecular complexity index is 3920. The first kappa shape index (κ1) is 60.5. The fraction of sp³-hybridized carbons (Fsp3) is 0.259. The largest absolute Gasteiger partial charge is 0.478 e. The summed E-state index contributed by atoms with van der Waals surface area (Å²) in [7, 11) is 1.35. The highest BCUT2D eigenvalue weighted by Gasteiger charge is 2.35. The first-order chi connectivity index (χ1) is 40.8. The second-order valence-electron chi connectivity index (χ2n) is 18.9. The Morgan fingerprint density at radius 3 is 1.09 bits per heavy atom. The lowest BCUT2D eigenvalue weighted by Gasteiger charge is -2.22. The van der Waals surface area contributed by atoms with Crippen molar-refractivity contribution < 1.29 is 51.7 Å². The SMILES string of the molecule is CC(C)OC(=O)C1=CC(c2ccccc2Cl)n2nnnc2C1.COC(=O)C1=CC(c2ccccc2Cl)n2nnnc2C1.O=C(O)C1=CC(c2ccccc2Cl)n2nnnc2C1.O=C(OCC(F)(F)F)C1=CC(c2ccccc2Cl)n2nnnc2C1. The number of carbonyl (C=O) groups excluding carboxylic acids is 3. The van der Waals surface area contributed by atoms with E-state index < -0.39 is 36.8 Å². The molecule has 0 bridgehead atoms. The fourth-order valence-electron chi connectivity index (χ4n) is 9.11. The molecule has 85 heavy (non-hydrogen) atoms. The van der Waals surface area contributed by atoms with Gasteiger partial charge in [0, 0.05) is 68.1 Å². The maximum Gasteiger partial charge on any atom is 0.422 e. The van der Waals surface area contributed by atoms with Crippen LogP contribution in [-0.2, 0) is 59.1 Å². The van der Waals surface area contributed by atoms with Gasteiger partial charge in [-0.2, -0.15) is 13.2 Å². The summed E-state index contributed by atoms with van der Waals surface area (Å²) in [6, 6.07) is 27.3. The Balaban J connectivity index is 0.000000136. The minimum absolute atomic E-state index is 0.0232. The van der Waals surface area contributed by atoms with Crippen LogP contribution in [0.3, 0.4) is 0 Å². The van der Waals surface area contributed by atoms with Gasteiger partial charge in [0.15, 0.2) is 29.9 Å². The number of carbonyl (C=O) groups is 4. The predicted molar refractivity (Wildman–Crippen MR) is 295 cm³/mol. The number of esters is 3. The molecule has 4 aliphatic rings. The van der Waals surface area contributed by atoms with Gasteiger partial charge < -0.3 is 19.3 Å². The molecule has 1 N–H and O–H groups in total. The number of carboxylic acid groups (broad SMARTS) is 1. The van der Waals surface area contributed by atoms with Crippen LogP contribution in [0.25, 0.3) is 0 Å². The van der Waals surface area contributed by atoms with Crippen LogP contribution in [0.4, 0.5) is 13.2 Å². The summed E-state index contributed by atoms with van der Waals surface area (Å²) in [5.74, 6) is -0.672. The maximum atomic E-state index is 12.2. The maximum absolute atomic E-state index is 12.2. The van der Waals surface area contributed by atoms with Crippen molar-refractivity contribution in [2.45, 2.75) is 76.0 Å². The Hall–Kier alpha value is -9.05. The molecule has 4 aromatic carbocycles. The molecule has 0 spiro atoms. The average molecular weight is 1240 g/mol. The van der Waals surface area contributed by atoms with E-state index in [1.165, 1.54) is 17.9 Å². The van der Waals surface area contributed by atoms with Gasteiger partial charge in [-0.3, -0.25) is 0 Å². The lowest BCUT2D eigenvalue weighted by Crippen LogP contribution is -2.26.